The van der Waals surface area contributed by atoms with Gasteiger partial charge in [0, 0.05) is 11.4 Å². The van der Waals surface area contributed by atoms with Crippen molar-refractivity contribution in [2.75, 3.05) is 10.5 Å². The molecule has 25 heavy (non-hydrogen) atoms. The van der Waals surface area contributed by atoms with Gasteiger partial charge in [0.2, 0.25) is 10.0 Å². The van der Waals surface area contributed by atoms with Crippen molar-refractivity contribution >= 4 is 32.6 Å². The average molecular weight is 381 g/mol. The molecule has 0 saturated heterocycles. The molecule has 2 atom stereocenters. The Morgan fingerprint density at radius 2 is 2.24 bits per heavy atom. The van der Waals surface area contributed by atoms with Crippen LogP contribution in [0.2, 0.25) is 0 Å². The molecule has 0 aromatic heterocycles. The fraction of sp³-hybridized carbons (Fsp3) is 0.353. The lowest BCUT2D eigenvalue weighted by Crippen LogP contribution is -2.29. The molecule has 0 radical (unpaired) electrons. The van der Waals surface area contributed by atoms with Crippen LogP contribution < -0.4 is 10.5 Å². The fourth-order valence-electron chi connectivity index (χ4n) is 2.88. The van der Waals surface area contributed by atoms with Crippen molar-refractivity contribution in [3.05, 3.63) is 53.9 Å². The summed E-state index contributed by atoms with van der Waals surface area (Å²) < 4.78 is 40.9. The molecule has 134 valence electrons. The second-order valence-electron chi connectivity index (χ2n) is 6.28. The van der Waals surface area contributed by atoms with Crippen molar-refractivity contribution in [3.63, 3.8) is 0 Å². The number of nitrogens with two attached hydrogens (primary N) is 1. The van der Waals surface area contributed by atoms with E-state index in [1.54, 1.807) is 18.2 Å². The summed E-state index contributed by atoms with van der Waals surface area (Å²) in [7, 11) is -3.73. The van der Waals surface area contributed by atoms with Crippen LogP contribution in [0.3, 0.4) is 0 Å². The largest absolute Gasteiger partial charge is 0.379 e. The minimum Gasteiger partial charge on any atom is -0.379 e. The summed E-state index contributed by atoms with van der Waals surface area (Å²) in [6.45, 7) is 1.98. The van der Waals surface area contributed by atoms with E-state index in [2.05, 4.69) is 9.71 Å². The van der Waals surface area contributed by atoms with Gasteiger partial charge in [0.05, 0.1) is 5.54 Å². The van der Waals surface area contributed by atoms with E-state index in [4.69, 9.17) is 5.73 Å². The Labute approximate surface area is 151 Å². The molecule has 3 rings (SSSR count). The summed E-state index contributed by atoms with van der Waals surface area (Å²) in [6.07, 6.45) is 4.98. The zero-order valence-corrected chi connectivity index (χ0v) is 15.4. The minimum atomic E-state index is -3.73. The van der Waals surface area contributed by atoms with Gasteiger partial charge < -0.3 is 5.73 Å². The zero-order chi connectivity index (χ0) is 18.1. The highest BCUT2D eigenvalue weighted by Crippen LogP contribution is 2.36. The van der Waals surface area contributed by atoms with Gasteiger partial charge >= 0.3 is 0 Å². The van der Waals surface area contributed by atoms with E-state index in [1.807, 2.05) is 13.0 Å². The molecule has 1 aliphatic heterocycles. The van der Waals surface area contributed by atoms with E-state index < -0.39 is 26.6 Å². The van der Waals surface area contributed by atoms with Gasteiger partial charge in [-0.2, -0.15) is 0 Å². The van der Waals surface area contributed by atoms with E-state index >= 15 is 0 Å². The van der Waals surface area contributed by atoms with Crippen molar-refractivity contribution in [1.29, 1.82) is 0 Å². The Morgan fingerprint density at radius 3 is 2.96 bits per heavy atom. The smallest absolute Gasteiger partial charge is 0.239 e. The number of anilines is 1. The van der Waals surface area contributed by atoms with Crippen LogP contribution in [0.4, 0.5) is 10.1 Å². The highest BCUT2D eigenvalue weighted by Gasteiger charge is 2.30. The van der Waals surface area contributed by atoms with E-state index in [0.29, 0.717) is 10.9 Å². The fourth-order valence-corrected chi connectivity index (χ4v) is 5.14. The first-order valence-electron chi connectivity index (χ1n) is 7.93. The molecule has 0 saturated carbocycles. The van der Waals surface area contributed by atoms with E-state index in [1.165, 1.54) is 23.9 Å². The first-order valence-corrected chi connectivity index (χ1v) is 10.5. The number of nitrogens with one attached hydrogen (secondary N) is 1. The van der Waals surface area contributed by atoms with Crippen molar-refractivity contribution in [1.82, 2.24) is 0 Å². The van der Waals surface area contributed by atoms with Crippen molar-refractivity contribution < 1.29 is 12.8 Å². The molecular formula is C17H20FN3O2S2. The van der Waals surface area contributed by atoms with Crippen molar-refractivity contribution in [3.8, 4) is 0 Å². The molecule has 2 unspecified atom stereocenters. The predicted molar refractivity (Wildman–Crippen MR) is 102 cm³/mol. The first-order chi connectivity index (χ1) is 11.8. The van der Waals surface area contributed by atoms with E-state index in [-0.39, 0.29) is 6.42 Å². The molecule has 1 aromatic carbocycles. The molecular weight excluding hydrogens is 361 g/mol. The van der Waals surface area contributed by atoms with Gasteiger partial charge in [0.25, 0.3) is 0 Å². The minimum absolute atomic E-state index is 0.248. The number of hydrogen-bond donors (Lipinski definition) is 2. The normalized spacial score (nSPS) is 26.7. The van der Waals surface area contributed by atoms with Crippen LogP contribution in [-0.2, 0) is 15.6 Å². The number of nitrogens with zero attached hydrogens (tertiary/aromatic N) is 1. The monoisotopic (exact) mass is 381 g/mol. The second-order valence-corrected chi connectivity index (χ2v) is 9.29. The molecule has 1 heterocycles. The third kappa shape index (κ3) is 4.07. The van der Waals surface area contributed by atoms with Crippen LogP contribution in [0.5, 0.6) is 0 Å². The Kier molecular flexibility index (Phi) is 4.92. The lowest BCUT2D eigenvalue weighted by Gasteiger charge is -2.30. The molecule has 0 amide bonds. The van der Waals surface area contributed by atoms with Crippen LogP contribution in [0.1, 0.15) is 25.3 Å². The lowest BCUT2D eigenvalue weighted by molar-refractivity contribution is 0.482. The summed E-state index contributed by atoms with van der Waals surface area (Å²) >= 11 is 1.52. The zero-order valence-electron chi connectivity index (χ0n) is 13.8. The number of aliphatic imine (C=N–C) groups is 1. The van der Waals surface area contributed by atoms with Crippen LogP contribution in [0.15, 0.2) is 53.3 Å². The summed E-state index contributed by atoms with van der Waals surface area (Å²) in [5.41, 5.74) is 6.70. The van der Waals surface area contributed by atoms with Crippen LogP contribution in [-0.4, -0.2) is 24.6 Å². The predicted octanol–water partition coefficient (Wildman–Crippen LogP) is 3.28. The number of thioether (sulfide) groups is 1. The van der Waals surface area contributed by atoms with Crippen LogP contribution in [0, 0.1) is 0 Å². The van der Waals surface area contributed by atoms with Gasteiger partial charge in [0.1, 0.15) is 11.1 Å². The first kappa shape index (κ1) is 18.0. The summed E-state index contributed by atoms with van der Waals surface area (Å²) in [5.74, 6) is 0.327. The maximum absolute atomic E-state index is 13.4. The number of amidine groups is 1. The van der Waals surface area contributed by atoms with Gasteiger partial charge in [0.15, 0.2) is 5.17 Å². The molecule has 0 bridgehead atoms. The SMILES string of the molecule is CC1(c2cccc(NS(=O)(=O)C3C=C(F)C=CC3)c2)CCSC(N)=N1. The standard InChI is InChI=1S/C17H20FN3O2S2/c1-17(8-9-24-16(19)20-17)12-4-2-6-14(10-12)21-25(22,23)15-7-3-5-13(18)11-15/h2-6,10-11,15,21H,7-9H2,1H3,(H2,19,20). The number of benzene rings is 1. The maximum atomic E-state index is 13.4. The third-order valence-corrected chi connectivity index (χ3v) is 6.77. The number of hydrogen-bond acceptors (Lipinski definition) is 5. The number of allylic oxidation sites excluding steroid dienone is 3. The van der Waals surface area contributed by atoms with Crippen LogP contribution >= 0.6 is 11.8 Å². The number of halogens is 1. The van der Waals surface area contributed by atoms with Crippen LogP contribution in [0.25, 0.3) is 0 Å². The Bertz CT molecular complexity index is 864. The molecule has 3 N–H and O–H groups in total. The second kappa shape index (κ2) is 6.84. The van der Waals surface area contributed by atoms with Gasteiger partial charge in [-0.1, -0.05) is 30.0 Å². The highest BCUT2D eigenvalue weighted by molar-refractivity contribution is 8.13. The van der Waals surface area contributed by atoms with Gasteiger partial charge in [-0.25, -0.2) is 12.8 Å². The number of rotatable bonds is 4. The molecule has 1 aromatic rings. The molecule has 0 fully saturated rings. The average Bonchev–Trinajstić information content (AvgIpc) is 2.54. The van der Waals surface area contributed by atoms with Crippen molar-refractivity contribution in [2.24, 2.45) is 10.7 Å². The Hall–Kier alpha value is -1.80. The topological polar surface area (TPSA) is 84.5 Å². The van der Waals surface area contributed by atoms with E-state index in [9.17, 15) is 12.8 Å². The Balaban J connectivity index is 1.85. The van der Waals surface area contributed by atoms with Gasteiger partial charge in [-0.3, -0.25) is 9.71 Å². The number of sulfonamides is 1. The maximum Gasteiger partial charge on any atom is 0.239 e. The summed E-state index contributed by atoms with van der Waals surface area (Å²) in [4.78, 5) is 4.53. The summed E-state index contributed by atoms with van der Waals surface area (Å²) in [5, 5.41) is -0.383. The molecule has 5 nitrogen and oxygen atoms in total. The quantitative estimate of drug-likeness (QED) is 0.838. The molecule has 0 spiro atoms. The highest BCUT2D eigenvalue weighted by atomic mass is 32.2. The molecule has 1 aliphatic carbocycles. The van der Waals surface area contributed by atoms with Gasteiger partial charge in [-0.05, 0) is 49.6 Å². The lowest BCUT2D eigenvalue weighted by atomic mass is 9.89. The molecule has 2 aliphatic rings. The van der Waals surface area contributed by atoms with Gasteiger partial charge in [-0.15, -0.1) is 0 Å². The van der Waals surface area contributed by atoms with Crippen molar-refractivity contribution in [2.45, 2.75) is 30.6 Å². The summed E-state index contributed by atoms with van der Waals surface area (Å²) in [6, 6.07) is 7.13. The third-order valence-electron chi connectivity index (χ3n) is 4.33. The molecule has 8 heteroatoms. The van der Waals surface area contributed by atoms with E-state index in [0.717, 1.165) is 23.8 Å². The Morgan fingerprint density at radius 1 is 1.44 bits per heavy atom.